The third kappa shape index (κ3) is 8.47. The molecule has 0 bridgehead atoms. The van der Waals surface area contributed by atoms with Crippen molar-refractivity contribution in [3.63, 3.8) is 0 Å². The molecule has 1 rings (SSSR count). The van der Waals surface area contributed by atoms with Gasteiger partial charge < -0.3 is 20.5 Å². The zero-order chi connectivity index (χ0) is 19.6. The van der Waals surface area contributed by atoms with Crippen molar-refractivity contribution in [3.8, 4) is 0 Å². The minimum Gasteiger partial charge on any atom is -0.463 e. The molecule has 0 fully saturated rings. The normalized spacial score (nSPS) is 23.1. The molecule has 0 aromatic rings. The lowest BCUT2D eigenvalue weighted by Crippen LogP contribution is -2.49. The molecule has 2 unspecified atom stereocenters. The zero-order valence-electron chi connectivity index (χ0n) is 16.0. The van der Waals surface area contributed by atoms with Gasteiger partial charge in [0.1, 0.15) is 6.61 Å². The van der Waals surface area contributed by atoms with Crippen LogP contribution in [0.2, 0.25) is 0 Å². The number of ether oxygens (including phenoxy) is 1. The van der Waals surface area contributed by atoms with Gasteiger partial charge in [0.25, 0.3) is 0 Å². The highest BCUT2D eigenvalue weighted by molar-refractivity contribution is 5.86. The highest BCUT2D eigenvalue weighted by Gasteiger charge is 2.30. The van der Waals surface area contributed by atoms with Crippen LogP contribution in [0.4, 0.5) is 0 Å². The van der Waals surface area contributed by atoms with E-state index in [1.807, 2.05) is 32.9 Å². The Labute approximate surface area is 155 Å². The Bertz CT molecular complexity index is 511. The van der Waals surface area contributed by atoms with Gasteiger partial charge in [0, 0.05) is 19.4 Å². The largest absolute Gasteiger partial charge is 0.463 e. The van der Waals surface area contributed by atoms with Crippen LogP contribution in [-0.2, 0) is 19.1 Å². The van der Waals surface area contributed by atoms with Crippen LogP contribution in [0.5, 0.6) is 0 Å². The van der Waals surface area contributed by atoms with Crippen LogP contribution in [0.1, 0.15) is 52.9 Å². The minimum absolute atomic E-state index is 0.0484. The lowest BCUT2D eigenvalue weighted by Gasteiger charge is -2.32. The minimum atomic E-state index is -0.508. The number of hydrogen-bond acceptors (Lipinski definition) is 5. The van der Waals surface area contributed by atoms with Crippen molar-refractivity contribution in [2.24, 2.45) is 11.3 Å². The number of carbonyl (C=O) groups is 3. The molecule has 148 valence electrons. The van der Waals surface area contributed by atoms with Gasteiger partial charge in [-0.3, -0.25) is 14.4 Å². The molecule has 0 saturated carbocycles. The smallest absolute Gasteiger partial charge is 0.305 e. The first kappa shape index (κ1) is 22.2. The molecule has 26 heavy (non-hydrogen) atoms. The first-order valence-corrected chi connectivity index (χ1v) is 9.22. The van der Waals surface area contributed by atoms with Crippen molar-refractivity contribution in [2.45, 2.75) is 58.9 Å². The molecule has 0 saturated heterocycles. The standard InChI is InChI=1S/C19H32N2O5/c1-19(2,3)15-13-26-17(24)9-7-5-4-6-8-14(18(25)21-15)12-16(23)20-10-11-22/h4,6,14-15,22H,5,7-13H2,1-3H3,(H,20,23)(H,21,25). The van der Waals surface area contributed by atoms with Crippen molar-refractivity contribution >= 4 is 17.8 Å². The summed E-state index contributed by atoms with van der Waals surface area (Å²) < 4.78 is 5.33. The Morgan fingerprint density at radius 3 is 2.73 bits per heavy atom. The molecule has 7 heteroatoms. The van der Waals surface area contributed by atoms with Crippen LogP contribution in [0.25, 0.3) is 0 Å². The highest BCUT2D eigenvalue weighted by atomic mass is 16.5. The fourth-order valence-corrected chi connectivity index (χ4v) is 2.56. The number of aliphatic hydroxyl groups is 1. The van der Waals surface area contributed by atoms with E-state index >= 15 is 0 Å². The van der Waals surface area contributed by atoms with Gasteiger partial charge in [0.05, 0.1) is 18.6 Å². The van der Waals surface area contributed by atoms with E-state index in [4.69, 9.17) is 9.84 Å². The number of hydrogen-bond donors (Lipinski definition) is 3. The molecule has 0 aromatic heterocycles. The van der Waals surface area contributed by atoms with Crippen LogP contribution < -0.4 is 10.6 Å². The van der Waals surface area contributed by atoms with E-state index in [1.54, 1.807) is 0 Å². The average molecular weight is 368 g/mol. The summed E-state index contributed by atoms with van der Waals surface area (Å²) in [4.78, 5) is 36.5. The molecular formula is C19H32N2O5. The molecule has 7 nitrogen and oxygen atoms in total. The number of esters is 1. The van der Waals surface area contributed by atoms with Crippen molar-refractivity contribution in [3.05, 3.63) is 12.2 Å². The second-order valence-electron chi connectivity index (χ2n) is 7.68. The Balaban J connectivity index is 2.88. The SMILES string of the molecule is CC(C)(C)C1COC(=O)CCCC=CCC(CC(=O)NCCO)C(=O)N1. The molecule has 2 atom stereocenters. The summed E-state index contributed by atoms with van der Waals surface area (Å²) in [6.45, 7) is 6.04. The maximum atomic E-state index is 12.7. The Morgan fingerprint density at radius 1 is 1.35 bits per heavy atom. The summed E-state index contributed by atoms with van der Waals surface area (Å²) >= 11 is 0. The molecular weight excluding hydrogens is 336 g/mol. The van der Waals surface area contributed by atoms with Gasteiger partial charge in [-0.1, -0.05) is 32.9 Å². The predicted octanol–water partition coefficient (Wildman–Crippen LogP) is 1.31. The van der Waals surface area contributed by atoms with Crippen LogP contribution in [0.3, 0.4) is 0 Å². The summed E-state index contributed by atoms with van der Waals surface area (Å²) in [7, 11) is 0. The molecule has 0 aliphatic carbocycles. The average Bonchev–Trinajstić information content (AvgIpc) is 2.57. The quantitative estimate of drug-likeness (QED) is 0.512. The fraction of sp³-hybridized carbons (Fsp3) is 0.737. The number of rotatable bonds is 4. The van der Waals surface area contributed by atoms with Crippen molar-refractivity contribution in [2.75, 3.05) is 19.8 Å². The van der Waals surface area contributed by atoms with Crippen LogP contribution in [0.15, 0.2) is 12.2 Å². The van der Waals surface area contributed by atoms with E-state index in [2.05, 4.69) is 10.6 Å². The van der Waals surface area contributed by atoms with E-state index < -0.39 is 5.92 Å². The van der Waals surface area contributed by atoms with Gasteiger partial charge >= 0.3 is 5.97 Å². The molecule has 1 heterocycles. The summed E-state index contributed by atoms with van der Waals surface area (Å²) in [5, 5.41) is 14.3. The number of allylic oxidation sites excluding steroid dienone is 2. The first-order valence-electron chi connectivity index (χ1n) is 9.22. The predicted molar refractivity (Wildman–Crippen MR) is 98.2 cm³/mol. The zero-order valence-corrected chi connectivity index (χ0v) is 16.0. The summed E-state index contributed by atoms with van der Waals surface area (Å²) in [5.41, 5.74) is -0.296. The van der Waals surface area contributed by atoms with Crippen molar-refractivity contribution < 1.29 is 24.2 Å². The Morgan fingerprint density at radius 2 is 2.08 bits per heavy atom. The maximum absolute atomic E-state index is 12.7. The third-order valence-electron chi connectivity index (χ3n) is 4.35. The maximum Gasteiger partial charge on any atom is 0.305 e. The summed E-state index contributed by atoms with van der Waals surface area (Å²) in [6, 6.07) is -0.341. The van der Waals surface area contributed by atoms with Gasteiger partial charge in [-0.05, 0) is 24.7 Å². The summed E-state index contributed by atoms with van der Waals surface area (Å²) in [6.07, 6.45) is 6.08. The van der Waals surface area contributed by atoms with Gasteiger partial charge in [-0.15, -0.1) is 0 Å². The van der Waals surface area contributed by atoms with E-state index in [-0.39, 0.29) is 55.4 Å². The van der Waals surface area contributed by atoms with Crippen LogP contribution >= 0.6 is 0 Å². The molecule has 2 amide bonds. The van der Waals surface area contributed by atoms with Gasteiger partial charge in [0.2, 0.25) is 11.8 Å². The molecule has 1 aliphatic heterocycles. The van der Waals surface area contributed by atoms with E-state index in [1.165, 1.54) is 0 Å². The monoisotopic (exact) mass is 368 g/mol. The second kappa shape index (κ2) is 11.0. The molecule has 1 aliphatic rings. The second-order valence-corrected chi connectivity index (χ2v) is 7.68. The van der Waals surface area contributed by atoms with Gasteiger partial charge in [-0.2, -0.15) is 0 Å². The number of cyclic esters (lactones) is 1. The highest BCUT2D eigenvalue weighted by Crippen LogP contribution is 2.22. The van der Waals surface area contributed by atoms with Crippen LogP contribution in [0, 0.1) is 11.3 Å². The first-order chi connectivity index (χ1) is 12.2. The van der Waals surface area contributed by atoms with Crippen molar-refractivity contribution in [1.82, 2.24) is 10.6 Å². The molecule has 3 N–H and O–H groups in total. The molecule has 0 radical (unpaired) electrons. The Hall–Kier alpha value is -1.89. The molecule has 0 spiro atoms. The third-order valence-corrected chi connectivity index (χ3v) is 4.35. The topological polar surface area (TPSA) is 105 Å². The number of aliphatic hydroxyl groups excluding tert-OH is 1. The van der Waals surface area contributed by atoms with E-state index in [9.17, 15) is 14.4 Å². The summed E-state index contributed by atoms with van der Waals surface area (Å²) in [5.74, 6) is -1.27. The molecule has 0 aromatic carbocycles. The van der Waals surface area contributed by atoms with E-state index in [0.717, 1.165) is 6.42 Å². The lowest BCUT2D eigenvalue weighted by atomic mass is 9.86. The lowest BCUT2D eigenvalue weighted by molar-refractivity contribution is -0.146. The fourth-order valence-electron chi connectivity index (χ4n) is 2.56. The Kier molecular flexibility index (Phi) is 9.34. The number of amides is 2. The van der Waals surface area contributed by atoms with Gasteiger partial charge in [0.15, 0.2) is 0 Å². The van der Waals surface area contributed by atoms with Gasteiger partial charge in [-0.25, -0.2) is 0 Å². The van der Waals surface area contributed by atoms with Crippen LogP contribution in [-0.4, -0.2) is 48.7 Å². The number of carbonyl (C=O) groups excluding carboxylic acids is 3. The van der Waals surface area contributed by atoms with Crippen molar-refractivity contribution in [1.29, 1.82) is 0 Å². The van der Waals surface area contributed by atoms with E-state index in [0.29, 0.717) is 19.3 Å². The number of nitrogens with one attached hydrogen (secondary N) is 2.